The first-order chi connectivity index (χ1) is 14.9. The molecule has 0 amide bonds. The smallest absolute Gasteiger partial charge is 0.329 e. The number of rotatable bonds is 6. The van der Waals surface area contributed by atoms with Crippen molar-refractivity contribution in [2.45, 2.75) is 0 Å². The minimum Gasteiger partial charge on any atom is -0.331 e. The highest BCUT2D eigenvalue weighted by molar-refractivity contribution is 6.33. The monoisotopic (exact) mass is 435 g/mol. The molecule has 0 saturated heterocycles. The van der Waals surface area contributed by atoms with Gasteiger partial charge in [-0.2, -0.15) is 15.5 Å². The van der Waals surface area contributed by atoms with Crippen LogP contribution >= 0.6 is 11.6 Å². The van der Waals surface area contributed by atoms with Crippen LogP contribution in [0.2, 0.25) is 5.02 Å². The number of aromatic nitrogens is 2. The number of nitrogens with one attached hydrogen (secondary N) is 2. The van der Waals surface area contributed by atoms with Crippen LogP contribution in [0.5, 0.6) is 0 Å². The van der Waals surface area contributed by atoms with Crippen LogP contribution in [0.25, 0.3) is 6.08 Å². The van der Waals surface area contributed by atoms with Gasteiger partial charge in [-0.15, -0.1) is 0 Å². The number of benzene rings is 2. The van der Waals surface area contributed by atoms with E-state index < -0.39 is 16.4 Å². The number of nitro groups is 1. The number of nitriles is 2. The van der Waals surface area contributed by atoms with Crippen molar-refractivity contribution in [3.8, 4) is 12.1 Å². The fourth-order valence-corrected chi connectivity index (χ4v) is 2.74. The molecule has 0 spiro atoms. The van der Waals surface area contributed by atoms with Crippen LogP contribution in [0.15, 0.2) is 48.7 Å². The summed E-state index contributed by atoms with van der Waals surface area (Å²) in [5.74, 6) is -1.07. The predicted octanol–water partition coefficient (Wildman–Crippen LogP) is 5.07. The van der Waals surface area contributed by atoms with Gasteiger partial charge in [-0.1, -0.05) is 11.6 Å². The van der Waals surface area contributed by atoms with E-state index in [1.807, 2.05) is 6.07 Å². The third-order valence-electron chi connectivity index (χ3n) is 3.89. The van der Waals surface area contributed by atoms with Gasteiger partial charge in [-0.25, -0.2) is 9.37 Å². The standard InChI is InChI=1S/C20H11ClFN7O2/c21-15-8-13(2-1-7-23)9-16(22)18(15)27-19-17(29(30)31)11-25-20(28-19)26-14-5-3-12(10-24)4-6-14/h1-6,8-9,11H,(H2,25,26,27,28). The Labute approximate surface area is 180 Å². The molecule has 31 heavy (non-hydrogen) atoms. The molecule has 1 aromatic heterocycles. The molecule has 9 nitrogen and oxygen atoms in total. The van der Waals surface area contributed by atoms with Gasteiger partial charge in [0, 0.05) is 11.8 Å². The Morgan fingerprint density at radius 2 is 1.94 bits per heavy atom. The fraction of sp³-hybridized carbons (Fsp3) is 0. The molecule has 3 rings (SSSR count). The van der Waals surface area contributed by atoms with E-state index in [-0.39, 0.29) is 22.5 Å². The first kappa shape index (κ1) is 21.2. The average Bonchev–Trinajstić information content (AvgIpc) is 2.75. The van der Waals surface area contributed by atoms with E-state index in [4.69, 9.17) is 22.1 Å². The van der Waals surface area contributed by atoms with Crippen molar-refractivity contribution in [2.75, 3.05) is 10.6 Å². The predicted molar refractivity (Wildman–Crippen MR) is 112 cm³/mol. The zero-order valence-corrected chi connectivity index (χ0v) is 16.3. The number of hydrogen-bond donors (Lipinski definition) is 2. The van der Waals surface area contributed by atoms with Crippen LogP contribution in [0, 0.1) is 38.6 Å². The van der Waals surface area contributed by atoms with Crippen molar-refractivity contribution in [3.05, 3.63) is 80.8 Å². The van der Waals surface area contributed by atoms with Crippen LogP contribution in [0.4, 0.5) is 33.2 Å². The largest absolute Gasteiger partial charge is 0.331 e. The normalized spacial score (nSPS) is 10.3. The van der Waals surface area contributed by atoms with E-state index in [0.29, 0.717) is 16.8 Å². The molecule has 3 aromatic rings. The van der Waals surface area contributed by atoms with Crippen LogP contribution in [0.1, 0.15) is 11.1 Å². The molecule has 1 heterocycles. The Balaban J connectivity index is 1.95. The van der Waals surface area contributed by atoms with Crippen molar-refractivity contribution < 1.29 is 9.31 Å². The number of nitrogens with zero attached hydrogens (tertiary/aromatic N) is 5. The van der Waals surface area contributed by atoms with Gasteiger partial charge in [0.1, 0.15) is 12.0 Å². The molecule has 2 N–H and O–H groups in total. The van der Waals surface area contributed by atoms with Gasteiger partial charge in [0.15, 0.2) is 0 Å². The molecule has 152 valence electrons. The van der Waals surface area contributed by atoms with Gasteiger partial charge in [-0.3, -0.25) is 10.1 Å². The second kappa shape index (κ2) is 9.31. The van der Waals surface area contributed by atoms with Crippen LogP contribution < -0.4 is 10.6 Å². The molecular formula is C20H11ClFN7O2. The summed E-state index contributed by atoms with van der Waals surface area (Å²) in [5.41, 5.74) is 0.624. The van der Waals surface area contributed by atoms with Crippen molar-refractivity contribution >= 4 is 46.5 Å². The maximum atomic E-state index is 14.6. The van der Waals surface area contributed by atoms with E-state index in [9.17, 15) is 14.5 Å². The van der Waals surface area contributed by atoms with Gasteiger partial charge in [-0.05, 0) is 48.0 Å². The van der Waals surface area contributed by atoms with Crippen LogP contribution in [-0.2, 0) is 0 Å². The van der Waals surface area contributed by atoms with Gasteiger partial charge in [0.25, 0.3) is 0 Å². The summed E-state index contributed by atoms with van der Waals surface area (Å²) in [6, 6.07) is 12.7. The lowest BCUT2D eigenvalue weighted by molar-refractivity contribution is -0.384. The average molecular weight is 436 g/mol. The molecule has 0 aliphatic heterocycles. The van der Waals surface area contributed by atoms with E-state index in [0.717, 1.165) is 18.3 Å². The third kappa shape index (κ3) is 5.09. The lowest BCUT2D eigenvalue weighted by Gasteiger charge is -2.11. The van der Waals surface area contributed by atoms with Crippen molar-refractivity contribution in [1.82, 2.24) is 9.97 Å². The van der Waals surface area contributed by atoms with Crippen LogP contribution in [0.3, 0.4) is 0 Å². The summed E-state index contributed by atoms with van der Waals surface area (Å²) in [6.45, 7) is 0. The molecule has 0 fully saturated rings. The lowest BCUT2D eigenvalue weighted by Crippen LogP contribution is -2.06. The van der Waals surface area contributed by atoms with Gasteiger partial charge < -0.3 is 10.6 Å². The van der Waals surface area contributed by atoms with Crippen LogP contribution in [-0.4, -0.2) is 14.9 Å². The summed E-state index contributed by atoms with van der Waals surface area (Å²) in [5, 5.41) is 34.1. The maximum Gasteiger partial charge on any atom is 0.329 e. The summed E-state index contributed by atoms with van der Waals surface area (Å²) >= 11 is 6.12. The second-order valence-electron chi connectivity index (χ2n) is 5.95. The molecular weight excluding hydrogens is 425 g/mol. The molecule has 11 heteroatoms. The molecule has 2 aromatic carbocycles. The van der Waals surface area contributed by atoms with Crippen molar-refractivity contribution in [1.29, 1.82) is 10.5 Å². The summed E-state index contributed by atoms with van der Waals surface area (Å²) in [4.78, 5) is 18.6. The third-order valence-corrected chi connectivity index (χ3v) is 4.19. The first-order valence-electron chi connectivity index (χ1n) is 8.52. The Bertz CT molecular complexity index is 1240. The maximum absolute atomic E-state index is 14.6. The molecule has 0 aliphatic carbocycles. The minimum absolute atomic E-state index is 0.00270. The molecule has 0 aliphatic rings. The van der Waals surface area contributed by atoms with E-state index in [1.165, 1.54) is 12.1 Å². The fourth-order valence-electron chi connectivity index (χ4n) is 2.48. The molecule has 0 saturated carbocycles. The number of hydrogen-bond acceptors (Lipinski definition) is 8. The Hall–Kier alpha value is -4.54. The molecule has 0 bridgehead atoms. The summed E-state index contributed by atoms with van der Waals surface area (Å²) < 4.78 is 14.6. The van der Waals surface area contributed by atoms with Crippen molar-refractivity contribution in [3.63, 3.8) is 0 Å². The van der Waals surface area contributed by atoms with Gasteiger partial charge in [0.2, 0.25) is 11.8 Å². The number of allylic oxidation sites excluding steroid dienone is 1. The Kier molecular flexibility index (Phi) is 6.36. The zero-order chi connectivity index (χ0) is 22.4. The number of halogens is 2. The zero-order valence-electron chi connectivity index (χ0n) is 15.5. The molecule has 0 radical (unpaired) electrons. The SMILES string of the molecule is N#CC=Cc1cc(F)c(Nc2nc(Nc3ccc(C#N)cc3)ncc2[N+](=O)[O-])c(Cl)c1. The Morgan fingerprint density at radius 1 is 1.19 bits per heavy atom. The quantitative estimate of drug-likeness (QED) is 0.310. The van der Waals surface area contributed by atoms with Crippen molar-refractivity contribution in [2.24, 2.45) is 0 Å². The van der Waals surface area contributed by atoms with Gasteiger partial charge in [0.05, 0.1) is 33.3 Å². The van der Waals surface area contributed by atoms with E-state index in [2.05, 4.69) is 20.6 Å². The first-order valence-corrected chi connectivity index (χ1v) is 8.90. The second-order valence-corrected chi connectivity index (χ2v) is 6.35. The van der Waals surface area contributed by atoms with E-state index >= 15 is 0 Å². The minimum atomic E-state index is -0.792. The van der Waals surface area contributed by atoms with E-state index in [1.54, 1.807) is 30.3 Å². The Morgan fingerprint density at radius 3 is 2.55 bits per heavy atom. The summed E-state index contributed by atoms with van der Waals surface area (Å²) in [7, 11) is 0. The molecule has 0 unspecified atom stereocenters. The topological polar surface area (TPSA) is 141 Å². The highest BCUT2D eigenvalue weighted by Crippen LogP contribution is 2.33. The number of anilines is 4. The molecule has 0 atom stereocenters. The van der Waals surface area contributed by atoms with Gasteiger partial charge >= 0.3 is 5.69 Å². The highest BCUT2D eigenvalue weighted by Gasteiger charge is 2.20. The highest BCUT2D eigenvalue weighted by atomic mass is 35.5. The lowest BCUT2D eigenvalue weighted by atomic mass is 10.2. The summed E-state index contributed by atoms with van der Waals surface area (Å²) in [6.07, 6.45) is 3.50.